The minimum atomic E-state index is -2.70. The molecule has 0 nitrogen and oxygen atoms in total. The number of rotatable bonds is 10. The van der Waals surface area contributed by atoms with Gasteiger partial charge in [-0.25, -0.2) is 0 Å². The van der Waals surface area contributed by atoms with Crippen LogP contribution in [0.15, 0.2) is 30.3 Å². The Morgan fingerprint density at radius 2 is 1.14 bits per heavy atom. The number of unbranched alkanes of at least 4 members (excludes halogenated alkanes) is 7. The molecular formula is C20H38Se. The molecule has 0 atom stereocenters. The molecule has 0 N–H and O–H groups in total. The molecule has 0 heterocycles. The van der Waals surface area contributed by atoms with Crippen molar-refractivity contribution in [1.82, 2.24) is 0 Å². The first-order valence-corrected chi connectivity index (χ1v) is 17.7. The van der Waals surface area contributed by atoms with Crippen molar-refractivity contribution >= 4 is 15.2 Å². The van der Waals surface area contributed by atoms with Crippen molar-refractivity contribution in [1.29, 1.82) is 0 Å². The number of hydrogen-bond acceptors (Lipinski definition) is 0. The van der Waals surface area contributed by atoms with Crippen molar-refractivity contribution in [3.05, 3.63) is 30.3 Å². The maximum absolute atomic E-state index is 2.70. The molecule has 0 aliphatic carbocycles. The van der Waals surface area contributed by atoms with Crippen LogP contribution >= 0.6 is 0 Å². The zero-order valence-electron chi connectivity index (χ0n) is 15.2. The van der Waals surface area contributed by atoms with E-state index in [0.717, 1.165) is 0 Å². The summed E-state index contributed by atoms with van der Waals surface area (Å²) in [5, 5.41) is 1.41. The van der Waals surface area contributed by atoms with Crippen molar-refractivity contribution in [3.8, 4) is 0 Å². The summed E-state index contributed by atoms with van der Waals surface area (Å²) in [5.41, 5.74) is 0. The van der Waals surface area contributed by atoms with E-state index in [9.17, 15) is 0 Å². The predicted molar refractivity (Wildman–Crippen MR) is 103 cm³/mol. The second-order valence-electron chi connectivity index (χ2n) is 9.06. The molecule has 0 spiro atoms. The molecule has 1 heteroatoms. The van der Waals surface area contributed by atoms with Gasteiger partial charge >= 0.3 is 132 Å². The third-order valence-electron chi connectivity index (χ3n) is 4.77. The maximum atomic E-state index is 2.59. The molecule has 1 rings (SSSR count). The SMILES string of the molecule is CCCCCCCCCC[Se](C)(C)(C)(C)c1ccccc1. The van der Waals surface area contributed by atoms with Gasteiger partial charge in [-0.1, -0.05) is 0 Å². The van der Waals surface area contributed by atoms with Crippen LogP contribution in [0.3, 0.4) is 0 Å². The summed E-state index contributed by atoms with van der Waals surface area (Å²) in [6.45, 7) is 2.29. The van der Waals surface area contributed by atoms with E-state index in [-0.39, 0.29) is 0 Å². The molecule has 0 aliphatic rings. The summed E-state index contributed by atoms with van der Waals surface area (Å²) in [6, 6.07) is 11.3. The molecule has 0 aromatic heterocycles. The summed E-state index contributed by atoms with van der Waals surface area (Å²) in [5.74, 6) is 10.3. The predicted octanol–water partition coefficient (Wildman–Crippen LogP) is 6.91. The van der Waals surface area contributed by atoms with Gasteiger partial charge in [0.1, 0.15) is 0 Å². The van der Waals surface area contributed by atoms with Crippen molar-refractivity contribution in [2.45, 2.75) is 86.9 Å². The van der Waals surface area contributed by atoms with Gasteiger partial charge in [0, 0.05) is 0 Å². The average Bonchev–Trinajstić information content (AvgIpc) is 2.42. The molecule has 0 saturated carbocycles. The molecule has 124 valence electrons. The third kappa shape index (κ3) is 6.57. The summed E-state index contributed by atoms with van der Waals surface area (Å²) in [4.78, 5) is 0. The van der Waals surface area contributed by atoms with Crippen molar-refractivity contribution in [2.75, 3.05) is 0 Å². The fourth-order valence-corrected chi connectivity index (χ4v) is 9.73. The second-order valence-corrected chi connectivity index (χ2v) is 30.1. The molecule has 1 aromatic rings. The monoisotopic (exact) mass is 358 g/mol. The Hall–Kier alpha value is -0.261. The molecule has 1 aromatic carbocycles. The fourth-order valence-electron chi connectivity index (χ4n) is 3.06. The van der Waals surface area contributed by atoms with Crippen LogP contribution in [0, 0.1) is 0 Å². The van der Waals surface area contributed by atoms with Gasteiger partial charge < -0.3 is 0 Å². The van der Waals surface area contributed by atoms with Gasteiger partial charge in [0.2, 0.25) is 0 Å². The van der Waals surface area contributed by atoms with E-state index >= 15 is 0 Å². The second kappa shape index (κ2) is 6.88. The molecule has 0 bridgehead atoms. The third-order valence-corrected chi connectivity index (χ3v) is 14.5. The Morgan fingerprint density at radius 3 is 1.67 bits per heavy atom. The molecule has 0 saturated heterocycles. The molecule has 0 aliphatic heterocycles. The molecule has 0 unspecified atom stereocenters. The fraction of sp³-hybridized carbons (Fsp3) is 0.700. The zero-order chi connectivity index (χ0) is 15.9. The van der Waals surface area contributed by atoms with Gasteiger partial charge in [-0.15, -0.1) is 0 Å². The Balaban J connectivity index is 2.42. The van der Waals surface area contributed by atoms with Gasteiger partial charge in [0.05, 0.1) is 0 Å². The van der Waals surface area contributed by atoms with Crippen LogP contribution in [0.4, 0.5) is 0 Å². The molecule has 0 amide bonds. The van der Waals surface area contributed by atoms with E-state index in [0.29, 0.717) is 0 Å². The van der Waals surface area contributed by atoms with Gasteiger partial charge in [0.25, 0.3) is 0 Å². The zero-order valence-corrected chi connectivity index (χ0v) is 16.9. The summed E-state index contributed by atoms with van der Waals surface area (Å²) in [7, 11) is -2.70. The van der Waals surface area contributed by atoms with Crippen molar-refractivity contribution < 1.29 is 0 Å². The Bertz CT molecular complexity index is 409. The summed E-state index contributed by atoms with van der Waals surface area (Å²) >= 11 is 0. The molecular weight excluding hydrogens is 319 g/mol. The Kier molecular flexibility index (Phi) is 6.16. The van der Waals surface area contributed by atoms with Gasteiger partial charge in [-0.2, -0.15) is 0 Å². The average molecular weight is 357 g/mol. The van der Waals surface area contributed by atoms with Gasteiger partial charge in [-0.05, 0) is 0 Å². The van der Waals surface area contributed by atoms with Crippen molar-refractivity contribution in [2.24, 2.45) is 0 Å². The minimum absolute atomic E-state index is 1.35. The number of hydrogen-bond donors (Lipinski definition) is 0. The van der Waals surface area contributed by atoms with Crippen LogP contribution in [0.25, 0.3) is 0 Å². The van der Waals surface area contributed by atoms with E-state index in [1.165, 1.54) is 56.7 Å². The first-order chi connectivity index (χ1) is 9.68. The first kappa shape index (κ1) is 18.8. The summed E-state index contributed by atoms with van der Waals surface area (Å²) < 4.78 is 1.62. The van der Waals surface area contributed by atoms with Gasteiger partial charge in [0.15, 0.2) is 0 Å². The molecule has 0 fully saturated rings. The van der Waals surface area contributed by atoms with Crippen LogP contribution in [0.2, 0.25) is 28.6 Å². The van der Waals surface area contributed by atoms with Crippen LogP contribution in [0.1, 0.15) is 58.3 Å². The Morgan fingerprint density at radius 1 is 0.667 bits per heavy atom. The van der Waals surface area contributed by atoms with Crippen LogP contribution in [-0.2, 0) is 0 Å². The van der Waals surface area contributed by atoms with Crippen LogP contribution in [0.5, 0.6) is 0 Å². The van der Waals surface area contributed by atoms with E-state index < -0.39 is 10.7 Å². The molecule has 21 heavy (non-hydrogen) atoms. The van der Waals surface area contributed by atoms with E-state index in [2.05, 4.69) is 60.5 Å². The van der Waals surface area contributed by atoms with Gasteiger partial charge in [-0.3, -0.25) is 0 Å². The number of benzene rings is 1. The molecule has 0 radical (unpaired) electrons. The standard InChI is InChI=1S/C20H38Se/c1-6-7-8-9-10-11-12-16-19-21(2,3,4,5)20-17-14-13-15-18-20/h13-15,17-18H,6-12,16,19H2,1-5H3. The normalized spacial score (nSPS) is 15.5. The first-order valence-electron chi connectivity index (χ1n) is 8.74. The topological polar surface area (TPSA) is 0 Å². The van der Waals surface area contributed by atoms with Crippen LogP contribution < -0.4 is 4.46 Å². The van der Waals surface area contributed by atoms with E-state index in [4.69, 9.17) is 0 Å². The summed E-state index contributed by atoms with van der Waals surface area (Å²) in [6.07, 6.45) is 11.3. The van der Waals surface area contributed by atoms with E-state index in [1.54, 1.807) is 4.46 Å². The van der Waals surface area contributed by atoms with Crippen LogP contribution in [-0.4, -0.2) is 10.7 Å². The Labute approximate surface area is 132 Å². The van der Waals surface area contributed by atoms with E-state index in [1.807, 2.05) is 0 Å². The van der Waals surface area contributed by atoms with Crippen molar-refractivity contribution in [3.63, 3.8) is 0 Å². The quantitative estimate of drug-likeness (QED) is 0.315.